The molecule has 2 aromatic rings. The molecule has 1 aliphatic rings. The molecule has 6 heteroatoms. The minimum absolute atomic E-state index is 0.104. The third-order valence-electron chi connectivity index (χ3n) is 3.73. The number of carbonyl (C=O) groups is 2. The Morgan fingerprint density at radius 1 is 1.22 bits per heavy atom. The predicted octanol–water partition coefficient (Wildman–Crippen LogP) is 1.60. The Kier molecular flexibility index (Phi) is 4.23. The maximum absolute atomic E-state index is 11.9. The molecule has 0 unspecified atom stereocenters. The minimum atomic E-state index is -0.709. The van der Waals surface area contributed by atoms with Crippen LogP contribution in [0.25, 0.3) is 0 Å². The molecule has 0 saturated carbocycles. The molecule has 1 aliphatic carbocycles. The first-order chi connectivity index (χ1) is 11.1. The monoisotopic (exact) mass is 312 g/mol. The van der Waals surface area contributed by atoms with Gasteiger partial charge >= 0.3 is 5.97 Å². The molecular weight excluding hydrogens is 296 g/mol. The number of nitrogens with zero attached hydrogens (tertiary/aromatic N) is 1. The summed E-state index contributed by atoms with van der Waals surface area (Å²) in [5.74, 6) is -1.12. The van der Waals surface area contributed by atoms with Gasteiger partial charge < -0.3 is 15.3 Å². The van der Waals surface area contributed by atoms with Crippen LogP contribution in [0.15, 0.2) is 42.7 Å². The molecule has 0 saturated heterocycles. The van der Waals surface area contributed by atoms with Gasteiger partial charge in [0.05, 0.1) is 0 Å². The van der Waals surface area contributed by atoms with Crippen molar-refractivity contribution in [1.29, 1.82) is 0 Å². The summed E-state index contributed by atoms with van der Waals surface area (Å²) in [6.45, 7) is -0.399. The summed E-state index contributed by atoms with van der Waals surface area (Å²) in [6, 6.07) is 8.71. The van der Waals surface area contributed by atoms with Crippen molar-refractivity contribution in [1.82, 2.24) is 0 Å². The number of rotatable bonds is 4. The lowest BCUT2D eigenvalue weighted by Gasteiger charge is -2.08. The Labute approximate surface area is 133 Å². The molecule has 0 atom stereocenters. The van der Waals surface area contributed by atoms with Gasteiger partial charge in [-0.3, -0.25) is 4.79 Å². The lowest BCUT2D eigenvalue weighted by Crippen LogP contribution is -2.27. The summed E-state index contributed by atoms with van der Waals surface area (Å²) in [5.41, 5.74) is 3.38. The second kappa shape index (κ2) is 6.48. The lowest BCUT2D eigenvalue weighted by atomic mass is 10.1. The zero-order valence-corrected chi connectivity index (χ0v) is 12.5. The standard InChI is InChI=1S/C17H16N2O4/c20-16(11-23-17(21)14-5-2-8-19(22)10-14)18-15-7-6-12-3-1-4-13(12)9-15/h2,5-10H,1,3-4,11H2,(H,18,20). The summed E-state index contributed by atoms with van der Waals surface area (Å²) >= 11 is 0. The van der Waals surface area contributed by atoms with E-state index in [1.807, 2.05) is 18.2 Å². The fraction of sp³-hybridized carbons (Fsp3) is 0.235. The van der Waals surface area contributed by atoms with Gasteiger partial charge in [0, 0.05) is 11.8 Å². The summed E-state index contributed by atoms with van der Waals surface area (Å²) in [6.07, 6.45) is 5.61. The van der Waals surface area contributed by atoms with Gasteiger partial charge in [0.25, 0.3) is 5.91 Å². The van der Waals surface area contributed by atoms with E-state index in [4.69, 9.17) is 4.74 Å². The van der Waals surface area contributed by atoms with Gasteiger partial charge in [0.15, 0.2) is 19.0 Å². The topological polar surface area (TPSA) is 82.3 Å². The number of esters is 1. The molecule has 1 heterocycles. The fourth-order valence-electron chi connectivity index (χ4n) is 2.64. The van der Waals surface area contributed by atoms with Crippen molar-refractivity contribution in [3.63, 3.8) is 0 Å². The highest BCUT2D eigenvalue weighted by Gasteiger charge is 2.14. The first-order valence-corrected chi connectivity index (χ1v) is 7.39. The van der Waals surface area contributed by atoms with Gasteiger partial charge in [-0.25, -0.2) is 4.79 Å². The highest BCUT2D eigenvalue weighted by atomic mass is 16.5. The van der Waals surface area contributed by atoms with E-state index in [2.05, 4.69) is 5.32 Å². The van der Waals surface area contributed by atoms with E-state index in [1.54, 1.807) is 0 Å². The number of amides is 1. The fourth-order valence-corrected chi connectivity index (χ4v) is 2.64. The van der Waals surface area contributed by atoms with E-state index in [0.717, 1.165) is 25.5 Å². The smallest absolute Gasteiger partial charge is 0.344 e. The van der Waals surface area contributed by atoms with Gasteiger partial charge in [0.1, 0.15) is 5.56 Å². The molecule has 1 aromatic carbocycles. The number of ether oxygens (including phenoxy) is 1. The van der Waals surface area contributed by atoms with Crippen molar-refractivity contribution < 1.29 is 19.1 Å². The first-order valence-electron chi connectivity index (χ1n) is 7.39. The van der Waals surface area contributed by atoms with Crippen molar-refractivity contribution in [3.8, 4) is 0 Å². The Balaban J connectivity index is 1.54. The SMILES string of the molecule is O=C(COC(=O)c1ccc[n+]([O-])c1)Nc1ccc2c(c1)CCC2. The molecular formula is C17H16N2O4. The van der Waals surface area contributed by atoms with Crippen molar-refractivity contribution >= 4 is 17.6 Å². The quantitative estimate of drug-likeness (QED) is 0.528. The number of aryl methyl sites for hydroxylation is 2. The second-order valence-corrected chi connectivity index (χ2v) is 5.41. The lowest BCUT2D eigenvalue weighted by molar-refractivity contribution is -0.605. The van der Waals surface area contributed by atoms with Gasteiger partial charge in [0.2, 0.25) is 0 Å². The van der Waals surface area contributed by atoms with Crippen LogP contribution in [0.2, 0.25) is 0 Å². The average molecular weight is 312 g/mol. The van der Waals surface area contributed by atoms with Crippen molar-refractivity contribution in [3.05, 3.63) is 64.6 Å². The van der Waals surface area contributed by atoms with E-state index in [1.165, 1.54) is 29.5 Å². The van der Waals surface area contributed by atoms with E-state index >= 15 is 0 Å². The summed E-state index contributed by atoms with van der Waals surface area (Å²) in [4.78, 5) is 23.6. The molecule has 23 heavy (non-hydrogen) atoms. The van der Waals surface area contributed by atoms with Crippen LogP contribution in [0.3, 0.4) is 0 Å². The van der Waals surface area contributed by atoms with E-state index in [9.17, 15) is 14.8 Å². The number of pyridine rings is 1. The molecule has 118 valence electrons. The number of hydrogen-bond acceptors (Lipinski definition) is 4. The maximum Gasteiger partial charge on any atom is 0.344 e. The van der Waals surface area contributed by atoms with E-state index in [0.29, 0.717) is 10.4 Å². The molecule has 1 aromatic heterocycles. The molecule has 0 radical (unpaired) electrons. The van der Waals surface area contributed by atoms with Crippen LogP contribution < -0.4 is 10.0 Å². The Bertz CT molecular complexity index is 758. The highest BCUT2D eigenvalue weighted by Crippen LogP contribution is 2.24. The second-order valence-electron chi connectivity index (χ2n) is 5.41. The zero-order chi connectivity index (χ0) is 16.2. The van der Waals surface area contributed by atoms with Crippen LogP contribution in [0, 0.1) is 5.21 Å². The van der Waals surface area contributed by atoms with Crippen LogP contribution in [0.4, 0.5) is 5.69 Å². The van der Waals surface area contributed by atoms with E-state index < -0.39 is 18.5 Å². The maximum atomic E-state index is 11.9. The van der Waals surface area contributed by atoms with Crippen LogP contribution in [0.1, 0.15) is 27.9 Å². The van der Waals surface area contributed by atoms with Crippen LogP contribution in [0.5, 0.6) is 0 Å². The molecule has 0 fully saturated rings. The molecule has 0 bridgehead atoms. The largest absolute Gasteiger partial charge is 0.619 e. The Hall–Kier alpha value is -2.89. The number of anilines is 1. The number of aromatic nitrogens is 1. The van der Waals surface area contributed by atoms with Crippen LogP contribution >= 0.6 is 0 Å². The van der Waals surface area contributed by atoms with Crippen LogP contribution in [-0.2, 0) is 22.4 Å². The highest BCUT2D eigenvalue weighted by molar-refractivity contribution is 5.95. The number of carbonyl (C=O) groups excluding carboxylic acids is 2. The van der Waals surface area contributed by atoms with Crippen molar-refractivity contribution in [2.75, 3.05) is 11.9 Å². The summed E-state index contributed by atoms with van der Waals surface area (Å²) < 4.78 is 5.41. The minimum Gasteiger partial charge on any atom is -0.619 e. The summed E-state index contributed by atoms with van der Waals surface area (Å²) in [7, 11) is 0. The molecule has 1 N–H and O–H groups in total. The molecule has 3 rings (SSSR count). The van der Waals surface area contributed by atoms with Gasteiger partial charge in [-0.15, -0.1) is 0 Å². The molecule has 6 nitrogen and oxygen atoms in total. The van der Waals surface area contributed by atoms with Gasteiger partial charge in [-0.1, -0.05) is 6.07 Å². The normalized spacial score (nSPS) is 12.5. The average Bonchev–Trinajstić information content (AvgIpc) is 3.00. The molecule has 1 amide bonds. The predicted molar refractivity (Wildman–Crippen MR) is 82.8 cm³/mol. The first kappa shape index (κ1) is 15.0. The molecule has 0 aliphatic heterocycles. The van der Waals surface area contributed by atoms with Crippen LogP contribution in [-0.4, -0.2) is 18.5 Å². The Morgan fingerprint density at radius 3 is 2.87 bits per heavy atom. The number of fused-ring (bicyclic) bond motifs is 1. The summed E-state index contributed by atoms with van der Waals surface area (Å²) in [5, 5.41) is 13.8. The van der Waals surface area contributed by atoms with Crippen molar-refractivity contribution in [2.45, 2.75) is 19.3 Å². The van der Waals surface area contributed by atoms with Gasteiger partial charge in [-0.2, -0.15) is 4.73 Å². The number of benzene rings is 1. The third-order valence-corrected chi connectivity index (χ3v) is 3.73. The van der Waals surface area contributed by atoms with Gasteiger partial charge in [-0.05, 0) is 48.6 Å². The van der Waals surface area contributed by atoms with E-state index in [-0.39, 0.29) is 5.56 Å². The van der Waals surface area contributed by atoms with Crippen molar-refractivity contribution in [2.24, 2.45) is 0 Å². The number of nitrogens with one attached hydrogen (secondary N) is 1. The molecule has 0 spiro atoms. The third kappa shape index (κ3) is 3.66. The number of hydrogen-bond donors (Lipinski definition) is 1. The Morgan fingerprint density at radius 2 is 2.04 bits per heavy atom. The zero-order valence-electron chi connectivity index (χ0n) is 12.5.